The van der Waals surface area contributed by atoms with Crippen LogP contribution in [0.3, 0.4) is 0 Å². The van der Waals surface area contributed by atoms with Crippen LogP contribution in [0.4, 0.5) is 5.82 Å². The first-order valence-electron chi connectivity index (χ1n) is 5.94. The van der Waals surface area contributed by atoms with Crippen LogP contribution in [0.15, 0.2) is 23.6 Å². The Morgan fingerprint density at radius 3 is 2.61 bits per heavy atom. The van der Waals surface area contributed by atoms with E-state index in [0.717, 1.165) is 11.5 Å². The second-order valence-electron chi connectivity index (χ2n) is 4.41. The number of aryl methyl sites for hydroxylation is 1. The Labute approximate surface area is 111 Å². The molecule has 0 aliphatic heterocycles. The molecule has 18 heavy (non-hydrogen) atoms. The van der Waals surface area contributed by atoms with Crippen LogP contribution < -0.4 is 10.6 Å². The molecule has 0 radical (unpaired) electrons. The van der Waals surface area contributed by atoms with Crippen molar-refractivity contribution in [1.29, 1.82) is 0 Å². The molecule has 0 fully saturated rings. The third kappa shape index (κ3) is 2.52. The predicted octanol–water partition coefficient (Wildman–Crippen LogP) is 2.30. The quantitative estimate of drug-likeness (QED) is 0.918. The van der Waals surface area contributed by atoms with Crippen molar-refractivity contribution in [3.8, 4) is 10.6 Å². The number of likely N-dealkylation sites (N-methyl/N-ethyl adjacent to an activating group) is 1. The van der Waals surface area contributed by atoms with Crippen LogP contribution in [0.25, 0.3) is 10.6 Å². The number of anilines is 1. The second kappa shape index (κ2) is 5.46. The lowest BCUT2D eigenvalue weighted by Crippen LogP contribution is -2.35. The molecule has 2 N–H and O–H groups in total. The fraction of sp³-hybridized carbons (Fsp3) is 0.385. The molecule has 0 saturated heterocycles. The summed E-state index contributed by atoms with van der Waals surface area (Å²) in [6.45, 7) is 4.76. The molecule has 0 aromatic carbocycles. The number of nitrogens with zero attached hydrogens (tertiary/aromatic N) is 3. The molecule has 1 atom stereocenters. The van der Waals surface area contributed by atoms with E-state index in [-0.39, 0.29) is 6.04 Å². The molecule has 4 nitrogen and oxygen atoms in total. The van der Waals surface area contributed by atoms with Gasteiger partial charge in [-0.2, -0.15) is 0 Å². The van der Waals surface area contributed by atoms with Gasteiger partial charge >= 0.3 is 0 Å². The molecule has 0 saturated carbocycles. The molecule has 5 heteroatoms. The Bertz CT molecular complexity index is 506. The zero-order valence-corrected chi connectivity index (χ0v) is 11.7. The average molecular weight is 262 g/mol. The minimum absolute atomic E-state index is 0.258. The lowest BCUT2D eigenvalue weighted by Gasteiger charge is -2.24. The molecule has 2 aromatic heterocycles. The van der Waals surface area contributed by atoms with Crippen molar-refractivity contribution in [1.82, 2.24) is 10.2 Å². The lowest BCUT2D eigenvalue weighted by atomic mass is 10.2. The summed E-state index contributed by atoms with van der Waals surface area (Å²) in [7, 11) is 1.98. The number of aromatic nitrogens is 2. The maximum Gasteiger partial charge on any atom is 0.151 e. The summed E-state index contributed by atoms with van der Waals surface area (Å²) >= 11 is 1.69. The van der Waals surface area contributed by atoms with E-state index in [2.05, 4.69) is 35.5 Å². The van der Waals surface area contributed by atoms with Crippen LogP contribution in [-0.2, 0) is 0 Å². The van der Waals surface area contributed by atoms with Gasteiger partial charge in [-0.15, -0.1) is 21.5 Å². The topological polar surface area (TPSA) is 55.0 Å². The number of thiophene rings is 1. The van der Waals surface area contributed by atoms with Crippen LogP contribution >= 0.6 is 11.3 Å². The molecular formula is C13H18N4S. The summed E-state index contributed by atoms with van der Waals surface area (Å²) in [6.07, 6.45) is 0. The van der Waals surface area contributed by atoms with Gasteiger partial charge in [-0.1, -0.05) is 0 Å². The van der Waals surface area contributed by atoms with Gasteiger partial charge in [0, 0.05) is 19.6 Å². The summed E-state index contributed by atoms with van der Waals surface area (Å²) in [5, 5.41) is 10.6. The van der Waals surface area contributed by atoms with Gasteiger partial charge in [0.25, 0.3) is 0 Å². The van der Waals surface area contributed by atoms with E-state index in [9.17, 15) is 0 Å². The molecule has 0 aliphatic carbocycles. The van der Waals surface area contributed by atoms with E-state index in [1.165, 1.54) is 10.4 Å². The summed E-state index contributed by atoms with van der Waals surface area (Å²) in [5.41, 5.74) is 7.82. The molecule has 0 aliphatic rings. The minimum atomic E-state index is 0.258. The van der Waals surface area contributed by atoms with Gasteiger partial charge in [-0.25, -0.2) is 0 Å². The first kappa shape index (κ1) is 13.0. The monoisotopic (exact) mass is 262 g/mol. The maximum absolute atomic E-state index is 5.65. The normalized spacial score (nSPS) is 12.4. The first-order chi connectivity index (χ1) is 8.63. The summed E-state index contributed by atoms with van der Waals surface area (Å²) in [6, 6.07) is 6.36. The van der Waals surface area contributed by atoms with Gasteiger partial charge in [0.05, 0.1) is 4.88 Å². The molecule has 2 rings (SSSR count). The highest BCUT2D eigenvalue weighted by Crippen LogP contribution is 2.27. The van der Waals surface area contributed by atoms with Crippen LogP contribution in [0.5, 0.6) is 0 Å². The van der Waals surface area contributed by atoms with Gasteiger partial charge in [0.15, 0.2) is 5.82 Å². The second-order valence-corrected chi connectivity index (χ2v) is 5.32. The molecule has 0 amide bonds. The van der Waals surface area contributed by atoms with Gasteiger partial charge in [0.2, 0.25) is 0 Å². The van der Waals surface area contributed by atoms with Crippen molar-refractivity contribution in [3.05, 3.63) is 29.1 Å². The van der Waals surface area contributed by atoms with E-state index in [1.807, 2.05) is 24.1 Å². The van der Waals surface area contributed by atoms with Gasteiger partial charge in [0.1, 0.15) is 5.69 Å². The standard InChI is InChI=1S/C13H18N4S/c1-9-6-7-18-13(9)11-4-5-12(16-15-11)17(3)10(2)8-14/h4-7,10H,8,14H2,1-3H3. The predicted molar refractivity (Wildman–Crippen MR) is 77.0 cm³/mol. The Morgan fingerprint density at radius 1 is 1.33 bits per heavy atom. The Kier molecular flexibility index (Phi) is 3.93. The Balaban J connectivity index is 2.23. The molecule has 96 valence electrons. The number of nitrogens with two attached hydrogens (primary N) is 1. The number of hydrogen-bond acceptors (Lipinski definition) is 5. The third-order valence-corrected chi connectivity index (χ3v) is 4.15. The first-order valence-corrected chi connectivity index (χ1v) is 6.82. The van der Waals surface area contributed by atoms with E-state index in [1.54, 1.807) is 11.3 Å². The third-order valence-electron chi connectivity index (χ3n) is 3.11. The van der Waals surface area contributed by atoms with E-state index >= 15 is 0 Å². The van der Waals surface area contributed by atoms with E-state index < -0.39 is 0 Å². The van der Waals surface area contributed by atoms with E-state index in [4.69, 9.17) is 5.73 Å². The zero-order chi connectivity index (χ0) is 13.1. The van der Waals surface area contributed by atoms with Crippen molar-refractivity contribution in [2.75, 3.05) is 18.5 Å². The molecular weight excluding hydrogens is 244 g/mol. The van der Waals surface area contributed by atoms with Crippen LogP contribution in [0.2, 0.25) is 0 Å². The highest BCUT2D eigenvalue weighted by Gasteiger charge is 2.11. The number of hydrogen-bond donors (Lipinski definition) is 1. The Hall–Kier alpha value is -1.46. The smallest absolute Gasteiger partial charge is 0.151 e. The largest absolute Gasteiger partial charge is 0.354 e. The highest BCUT2D eigenvalue weighted by atomic mass is 32.1. The van der Waals surface area contributed by atoms with Crippen molar-refractivity contribution >= 4 is 17.2 Å². The fourth-order valence-corrected chi connectivity index (χ4v) is 2.55. The van der Waals surface area contributed by atoms with Gasteiger partial charge in [-0.3, -0.25) is 0 Å². The molecule has 2 aromatic rings. The zero-order valence-electron chi connectivity index (χ0n) is 10.9. The lowest BCUT2D eigenvalue weighted by molar-refractivity contribution is 0.682. The van der Waals surface area contributed by atoms with Gasteiger partial charge in [-0.05, 0) is 43.0 Å². The minimum Gasteiger partial charge on any atom is -0.354 e. The highest BCUT2D eigenvalue weighted by molar-refractivity contribution is 7.13. The summed E-state index contributed by atoms with van der Waals surface area (Å²) in [4.78, 5) is 3.22. The summed E-state index contributed by atoms with van der Waals surface area (Å²) < 4.78 is 0. The van der Waals surface area contributed by atoms with Crippen molar-refractivity contribution in [2.24, 2.45) is 5.73 Å². The molecule has 1 unspecified atom stereocenters. The fourth-order valence-electron chi connectivity index (χ4n) is 1.65. The van der Waals surface area contributed by atoms with Crippen molar-refractivity contribution < 1.29 is 0 Å². The molecule has 0 spiro atoms. The van der Waals surface area contributed by atoms with Crippen LogP contribution in [0.1, 0.15) is 12.5 Å². The van der Waals surface area contributed by atoms with Crippen LogP contribution in [-0.4, -0.2) is 29.8 Å². The molecule has 2 heterocycles. The van der Waals surface area contributed by atoms with Crippen molar-refractivity contribution in [2.45, 2.75) is 19.9 Å². The number of rotatable bonds is 4. The molecule has 0 bridgehead atoms. The maximum atomic E-state index is 5.65. The average Bonchev–Trinajstić information content (AvgIpc) is 2.83. The SMILES string of the molecule is Cc1ccsc1-c1ccc(N(C)C(C)CN)nn1. The van der Waals surface area contributed by atoms with E-state index in [0.29, 0.717) is 6.54 Å². The Morgan fingerprint density at radius 2 is 2.11 bits per heavy atom. The summed E-state index contributed by atoms with van der Waals surface area (Å²) in [5.74, 6) is 0.853. The van der Waals surface area contributed by atoms with Crippen LogP contribution in [0, 0.1) is 6.92 Å². The van der Waals surface area contributed by atoms with Gasteiger partial charge < -0.3 is 10.6 Å². The van der Waals surface area contributed by atoms with Crippen molar-refractivity contribution in [3.63, 3.8) is 0 Å².